The van der Waals surface area contributed by atoms with Crippen LogP contribution in [0.5, 0.6) is 0 Å². The van der Waals surface area contributed by atoms with Gasteiger partial charge in [-0.3, -0.25) is 0 Å². The lowest BCUT2D eigenvalue weighted by Crippen LogP contribution is -2.27. The molecule has 0 aliphatic rings. The van der Waals surface area contributed by atoms with Crippen molar-refractivity contribution < 1.29 is 0 Å². The molecule has 0 spiro atoms. The van der Waals surface area contributed by atoms with E-state index in [-0.39, 0.29) is 0 Å². The van der Waals surface area contributed by atoms with Gasteiger partial charge < -0.3 is 4.90 Å². The predicted molar refractivity (Wildman–Crippen MR) is 65.0 cm³/mol. The first-order valence-corrected chi connectivity index (χ1v) is 5.05. The third-order valence-corrected chi connectivity index (χ3v) is 1.80. The molecule has 0 atom stereocenters. The monoisotopic (exact) mass is 205 g/mol. The molecule has 0 amide bonds. The number of thiol groups is 1. The fourth-order valence-electron chi connectivity index (χ4n) is 0.843. The Bertz CT molecular complexity index is 109. The summed E-state index contributed by atoms with van der Waals surface area (Å²) in [7, 11) is 0. The Balaban J connectivity index is 0. The van der Waals surface area contributed by atoms with Crippen LogP contribution < -0.4 is 0 Å². The highest BCUT2D eigenvalue weighted by Gasteiger charge is 2.01. The van der Waals surface area contributed by atoms with Crippen LogP contribution in [0, 0.1) is 0 Å². The van der Waals surface area contributed by atoms with Gasteiger partial charge in [0.15, 0.2) is 0 Å². The summed E-state index contributed by atoms with van der Waals surface area (Å²) in [6.45, 7) is 12.4. The second kappa shape index (κ2) is 11.0. The fourth-order valence-corrected chi connectivity index (χ4v) is 1.23. The molecule has 0 radical (unpaired) electrons. The molecule has 0 aromatic carbocycles. The van der Waals surface area contributed by atoms with Gasteiger partial charge in [-0.15, -0.1) is 25.8 Å². The largest absolute Gasteiger partial charge is 0.358 e. The lowest BCUT2D eigenvalue weighted by molar-refractivity contribution is 0.431. The van der Waals surface area contributed by atoms with E-state index in [9.17, 15) is 0 Å². The lowest BCUT2D eigenvalue weighted by atomic mass is 10.4. The Morgan fingerprint density at radius 2 is 1.58 bits per heavy atom. The number of thiocarbonyl (C=S) groups is 1. The molecular formula is C9H19NS2. The third-order valence-electron chi connectivity index (χ3n) is 1.26. The third kappa shape index (κ3) is 8.08. The average Bonchev–Trinajstić information content (AvgIpc) is 2.08. The first-order valence-electron chi connectivity index (χ1n) is 4.20. The van der Waals surface area contributed by atoms with Gasteiger partial charge in [0.2, 0.25) is 0 Å². The highest BCUT2D eigenvalue weighted by molar-refractivity contribution is 8.10. The summed E-state index contributed by atoms with van der Waals surface area (Å²) in [5.74, 6) is 0. The Kier molecular flexibility index (Phi) is 13.3. The van der Waals surface area contributed by atoms with E-state index in [0.29, 0.717) is 0 Å². The van der Waals surface area contributed by atoms with Crippen molar-refractivity contribution in [2.45, 2.75) is 26.7 Å². The molecule has 72 valence electrons. The molecule has 0 aliphatic carbocycles. The molecular weight excluding hydrogens is 186 g/mol. The summed E-state index contributed by atoms with van der Waals surface area (Å²) in [6, 6.07) is 0. The maximum Gasteiger partial charge on any atom is 0.133 e. The van der Waals surface area contributed by atoms with Gasteiger partial charge in [-0.05, 0) is 12.8 Å². The summed E-state index contributed by atoms with van der Waals surface area (Å²) < 4.78 is 0.726. The Morgan fingerprint density at radius 1 is 1.25 bits per heavy atom. The van der Waals surface area contributed by atoms with E-state index in [1.165, 1.54) is 0 Å². The highest BCUT2D eigenvalue weighted by Crippen LogP contribution is 1.99. The van der Waals surface area contributed by atoms with Crippen molar-refractivity contribution in [1.29, 1.82) is 0 Å². The van der Waals surface area contributed by atoms with Crippen molar-refractivity contribution in [3.63, 3.8) is 0 Å². The number of nitrogens with zero attached hydrogens (tertiary/aromatic N) is 1. The van der Waals surface area contributed by atoms with E-state index >= 15 is 0 Å². The molecule has 0 saturated carbocycles. The summed E-state index contributed by atoms with van der Waals surface area (Å²) in [4.78, 5) is 2.12. The molecule has 3 heteroatoms. The van der Waals surface area contributed by atoms with Crippen molar-refractivity contribution in [1.82, 2.24) is 4.90 Å². The van der Waals surface area contributed by atoms with E-state index in [2.05, 4.69) is 44.5 Å². The van der Waals surface area contributed by atoms with Crippen LogP contribution in [0.1, 0.15) is 26.7 Å². The molecule has 0 rings (SSSR count). The van der Waals surface area contributed by atoms with Crippen molar-refractivity contribution in [3.8, 4) is 0 Å². The maximum atomic E-state index is 4.94. The quantitative estimate of drug-likeness (QED) is 0.427. The zero-order valence-electron chi connectivity index (χ0n) is 8.05. The number of hydrogen-bond donors (Lipinski definition) is 1. The van der Waals surface area contributed by atoms with Crippen LogP contribution >= 0.6 is 24.8 Å². The highest BCUT2D eigenvalue weighted by atomic mass is 32.1. The summed E-state index contributed by atoms with van der Waals surface area (Å²) in [5, 5.41) is 0. The molecule has 0 aromatic heterocycles. The van der Waals surface area contributed by atoms with Crippen LogP contribution in [-0.4, -0.2) is 22.3 Å². The van der Waals surface area contributed by atoms with Gasteiger partial charge in [-0.2, -0.15) is 0 Å². The first kappa shape index (κ1) is 14.5. The standard InChI is InChI=1S/C7H15NS2.C2H4/c1-3-5-8(6-4-2)7(9)10;1-2/h3-6H2,1-2H3,(H,9,10);1-2H2. The van der Waals surface area contributed by atoms with Crippen LogP contribution in [0.4, 0.5) is 0 Å². The normalized spacial score (nSPS) is 8.25. The molecule has 0 saturated heterocycles. The average molecular weight is 205 g/mol. The van der Waals surface area contributed by atoms with Crippen LogP contribution in [0.25, 0.3) is 0 Å². The smallest absolute Gasteiger partial charge is 0.133 e. The molecule has 0 heterocycles. The van der Waals surface area contributed by atoms with Crippen molar-refractivity contribution >= 4 is 29.2 Å². The van der Waals surface area contributed by atoms with E-state index in [0.717, 1.165) is 30.3 Å². The molecule has 0 fully saturated rings. The van der Waals surface area contributed by atoms with Crippen LogP contribution in [0.15, 0.2) is 13.2 Å². The predicted octanol–water partition coefficient (Wildman–Crippen LogP) is 3.13. The summed E-state index contributed by atoms with van der Waals surface area (Å²) >= 11 is 9.06. The zero-order valence-corrected chi connectivity index (χ0v) is 9.76. The molecule has 0 bridgehead atoms. The van der Waals surface area contributed by atoms with Gasteiger partial charge in [0.25, 0.3) is 0 Å². The van der Waals surface area contributed by atoms with Crippen molar-refractivity contribution in [2.24, 2.45) is 0 Å². The topological polar surface area (TPSA) is 3.24 Å². The molecule has 12 heavy (non-hydrogen) atoms. The van der Waals surface area contributed by atoms with E-state index < -0.39 is 0 Å². The molecule has 0 unspecified atom stereocenters. The van der Waals surface area contributed by atoms with E-state index in [4.69, 9.17) is 12.2 Å². The van der Waals surface area contributed by atoms with Crippen molar-refractivity contribution in [3.05, 3.63) is 13.2 Å². The minimum Gasteiger partial charge on any atom is -0.358 e. The van der Waals surface area contributed by atoms with Gasteiger partial charge in [0.1, 0.15) is 4.32 Å². The summed E-state index contributed by atoms with van der Waals surface area (Å²) in [6.07, 6.45) is 2.28. The Labute approximate surface area is 87.2 Å². The Hall–Kier alpha value is -0.0200. The zero-order chi connectivity index (χ0) is 9.98. The molecule has 0 aliphatic heterocycles. The minimum absolute atomic E-state index is 0.726. The fraction of sp³-hybridized carbons (Fsp3) is 0.667. The maximum absolute atomic E-state index is 4.94. The first-order chi connectivity index (χ1) is 5.72. The van der Waals surface area contributed by atoms with Gasteiger partial charge >= 0.3 is 0 Å². The van der Waals surface area contributed by atoms with Gasteiger partial charge in [-0.25, -0.2) is 0 Å². The minimum atomic E-state index is 0.726. The number of hydrogen-bond acceptors (Lipinski definition) is 1. The second-order valence-electron chi connectivity index (χ2n) is 2.27. The molecule has 0 N–H and O–H groups in total. The van der Waals surface area contributed by atoms with E-state index in [1.54, 1.807) is 0 Å². The van der Waals surface area contributed by atoms with Crippen molar-refractivity contribution in [2.75, 3.05) is 13.1 Å². The van der Waals surface area contributed by atoms with Gasteiger partial charge in [-0.1, -0.05) is 26.1 Å². The van der Waals surface area contributed by atoms with E-state index in [1.807, 2.05) is 0 Å². The molecule has 0 aromatic rings. The van der Waals surface area contributed by atoms with Crippen LogP contribution in [0.3, 0.4) is 0 Å². The Morgan fingerprint density at radius 3 is 1.75 bits per heavy atom. The summed E-state index contributed by atoms with van der Waals surface area (Å²) in [5.41, 5.74) is 0. The molecule has 1 nitrogen and oxygen atoms in total. The lowest BCUT2D eigenvalue weighted by Gasteiger charge is -2.20. The number of rotatable bonds is 4. The van der Waals surface area contributed by atoms with Crippen LogP contribution in [0.2, 0.25) is 0 Å². The van der Waals surface area contributed by atoms with Crippen LogP contribution in [-0.2, 0) is 0 Å². The second-order valence-corrected chi connectivity index (χ2v) is 3.38. The van der Waals surface area contributed by atoms with Gasteiger partial charge in [0.05, 0.1) is 0 Å². The van der Waals surface area contributed by atoms with Gasteiger partial charge in [0, 0.05) is 13.1 Å². The SMILES string of the molecule is C=C.CCCN(CCC)C(=S)S.